The molecular weight excluding hydrogens is 217 g/mol. The third-order valence-electron chi connectivity index (χ3n) is 2.04. The minimum atomic E-state index is -0.472. The molecule has 0 aliphatic carbocycles. The number of aryl methyl sites for hydroxylation is 1. The summed E-state index contributed by atoms with van der Waals surface area (Å²) in [5.41, 5.74) is 7.04. The van der Waals surface area contributed by atoms with E-state index in [9.17, 15) is 4.39 Å². The van der Waals surface area contributed by atoms with Gasteiger partial charge in [-0.2, -0.15) is 0 Å². The Morgan fingerprint density at radius 3 is 2.73 bits per heavy atom. The molecule has 0 bridgehead atoms. The number of nitrogens with two attached hydrogens (primary N) is 1. The number of nitrogen functional groups attached to an aromatic ring is 1. The molecule has 1 aromatic heterocycles. The number of halogens is 2. The van der Waals surface area contributed by atoms with Gasteiger partial charge in [-0.25, -0.2) is 9.37 Å². The van der Waals surface area contributed by atoms with Gasteiger partial charge in [-0.15, -0.1) is 0 Å². The molecule has 2 rings (SSSR count). The van der Waals surface area contributed by atoms with Gasteiger partial charge < -0.3 is 5.73 Å². The minimum Gasteiger partial charge on any atom is -0.369 e. The molecule has 0 atom stereocenters. The van der Waals surface area contributed by atoms with Gasteiger partial charge in [0.25, 0.3) is 0 Å². The Bertz CT molecular complexity index is 507. The lowest BCUT2D eigenvalue weighted by atomic mass is 10.3. The highest BCUT2D eigenvalue weighted by atomic mass is 35.5. The molecule has 1 aromatic carbocycles. The predicted molar refractivity (Wildman–Crippen MR) is 57.7 cm³/mol. The van der Waals surface area contributed by atoms with Crippen LogP contribution >= 0.6 is 11.6 Å². The maximum Gasteiger partial charge on any atom is 0.205 e. The van der Waals surface area contributed by atoms with Crippen molar-refractivity contribution in [2.45, 2.75) is 6.92 Å². The average molecular weight is 226 g/mol. The molecule has 2 aromatic rings. The van der Waals surface area contributed by atoms with Crippen LogP contribution in [0.4, 0.5) is 10.3 Å². The van der Waals surface area contributed by atoms with Crippen LogP contribution in [0, 0.1) is 12.7 Å². The van der Waals surface area contributed by atoms with E-state index in [0.29, 0.717) is 11.6 Å². The van der Waals surface area contributed by atoms with Gasteiger partial charge >= 0.3 is 0 Å². The topological polar surface area (TPSA) is 43.8 Å². The number of anilines is 1. The van der Waals surface area contributed by atoms with Crippen molar-refractivity contribution in [3.63, 3.8) is 0 Å². The van der Waals surface area contributed by atoms with Gasteiger partial charge in [-0.3, -0.25) is 4.57 Å². The van der Waals surface area contributed by atoms with E-state index in [1.807, 2.05) is 6.92 Å². The minimum absolute atomic E-state index is 0.0918. The highest BCUT2D eigenvalue weighted by molar-refractivity contribution is 6.30. The van der Waals surface area contributed by atoms with Crippen LogP contribution < -0.4 is 5.73 Å². The van der Waals surface area contributed by atoms with Crippen LogP contribution in [-0.2, 0) is 0 Å². The quantitative estimate of drug-likeness (QED) is 0.811. The predicted octanol–water partition coefficient (Wildman–Crippen LogP) is 2.56. The highest BCUT2D eigenvalue weighted by Crippen LogP contribution is 2.20. The summed E-state index contributed by atoms with van der Waals surface area (Å²) in [4.78, 5) is 4.02. The monoisotopic (exact) mass is 225 g/mol. The smallest absolute Gasteiger partial charge is 0.205 e. The lowest BCUT2D eigenvalue weighted by molar-refractivity contribution is 0.627. The van der Waals surface area contributed by atoms with Gasteiger partial charge in [0.15, 0.2) is 0 Å². The van der Waals surface area contributed by atoms with Crippen LogP contribution in [-0.4, -0.2) is 9.55 Å². The number of hydrogen-bond donors (Lipinski definition) is 1. The Kier molecular flexibility index (Phi) is 2.36. The maximum absolute atomic E-state index is 13.2. The van der Waals surface area contributed by atoms with E-state index in [-0.39, 0.29) is 5.02 Å². The number of hydrogen-bond acceptors (Lipinski definition) is 2. The number of benzene rings is 1. The molecule has 78 valence electrons. The molecule has 15 heavy (non-hydrogen) atoms. The van der Waals surface area contributed by atoms with Gasteiger partial charge in [-0.1, -0.05) is 11.6 Å². The van der Waals surface area contributed by atoms with Crippen LogP contribution in [0.15, 0.2) is 24.4 Å². The molecule has 0 saturated carbocycles. The normalized spacial score (nSPS) is 10.6. The molecular formula is C10H9ClFN3. The third kappa shape index (κ3) is 1.80. The maximum atomic E-state index is 13.2. The van der Waals surface area contributed by atoms with Crippen LogP contribution in [0.25, 0.3) is 5.69 Å². The molecule has 5 heteroatoms. The summed E-state index contributed by atoms with van der Waals surface area (Å²) in [7, 11) is 0. The van der Waals surface area contributed by atoms with Crippen molar-refractivity contribution >= 4 is 17.5 Å². The molecule has 1 heterocycles. The molecule has 2 N–H and O–H groups in total. The first-order valence-electron chi connectivity index (χ1n) is 4.35. The summed E-state index contributed by atoms with van der Waals surface area (Å²) in [6.45, 7) is 1.82. The fourth-order valence-corrected chi connectivity index (χ4v) is 1.48. The number of imidazole rings is 1. The standard InChI is InChI=1S/C10H9ClFN3/c1-6-5-15(10(13)14-6)7-2-3-8(11)9(12)4-7/h2-5H,1H3,(H2,13,14). The molecule has 0 fully saturated rings. The molecule has 0 aliphatic heterocycles. The fraction of sp³-hybridized carbons (Fsp3) is 0.100. The van der Waals surface area contributed by atoms with Crippen molar-refractivity contribution in [3.8, 4) is 5.69 Å². The summed E-state index contributed by atoms with van der Waals surface area (Å²) >= 11 is 5.58. The fourth-order valence-electron chi connectivity index (χ4n) is 1.36. The molecule has 0 unspecified atom stereocenters. The first-order chi connectivity index (χ1) is 7.08. The Hall–Kier alpha value is -1.55. The van der Waals surface area contributed by atoms with Gasteiger partial charge in [0.05, 0.1) is 16.4 Å². The molecule has 0 radical (unpaired) electrons. The Morgan fingerprint density at radius 2 is 2.20 bits per heavy atom. The molecule has 3 nitrogen and oxygen atoms in total. The van der Waals surface area contributed by atoms with E-state index < -0.39 is 5.82 Å². The third-order valence-corrected chi connectivity index (χ3v) is 2.34. The van der Waals surface area contributed by atoms with E-state index in [4.69, 9.17) is 17.3 Å². The van der Waals surface area contributed by atoms with E-state index in [2.05, 4.69) is 4.98 Å². The van der Waals surface area contributed by atoms with E-state index >= 15 is 0 Å². The van der Waals surface area contributed by atoms with Gasteiger partial charge in [0, 0.05) is 6.20 Å². The summed E-state index contributed by atoms with van der Waals surface area (Å²) in [6, 6.07) is 4.49. The Morgan fingerprint density at radius 1 is 1.47 bits per heavy atom. The Labute approximate surface area is 91.3 Å². The molecule has 0 saturated heterocycles. The van der Waals surface area contributed by atoms with Gasteiger partial charge in [-0.05, 0) is 25.1 Å². The van der Waals surface area contributed by atoms with Crippen molar-refractivity contribution in [2.24, 2.45) is 0 Å². The largest absolute Gasteiger partial charge is 0.369 e. The molecule has 0 aliphatic rings. The number of rotatable bonds is 1. The van der Waals surface area contributed by atoms with E-state index in [1.165, 1.54) is 12.1 Å². The van der Waals surface area contributed by atoms with Crippen molar-refractivity contribution in [1.29, 1.82) is 0 Å². The lowest BCUT2D eigenvalue weighted by Gasteiger charge is -2.04. The summed E-state index contributed by atoms with van der Waals surface area (Å²) in [5, 5.41) is 0.0918. The van der Waals surface area contributed by atoms with Crippen molar-refractivity contribution < 1.29 is 4.39 Å². The van der Waals surface area contributed by atoms with Crippen LogP contribution in [0.1, 0.15) is 5.69 Å². The Balaban J connectivity index is 2.54. The second-order valence-corrected chi connectivity index (χ2v) is 3.62. The zero-order valence-corrected chi connectivity index (χ0v) is 8.79. The van der Waals surface area contributed by atoms with Crippen LogP contribution in [0.5, 0.6) is 0 Å². The first-order valence-corrected chi connectivity index (χ1v) is 4.72. The van der Waals surface area contributed by atoms with E-state index in [0.717, 1.165) is 5.69 Å². The van der Waals surface area contributed by atoms with Crippen molar-refractivity contribution in [1.82, 2.24) is 9.55 Å². The average Bonchev–Trinajstić information content (AvgIpc) is 2.50. The number of aromatic nitrogens is 2. The van der Waals surface area contributed by atoms with Crippen LogP contribution in [0.2, 0.25) is 5.02 Å². The van der Waals surface area contributed by atoms with Crippen LogP contribution in [0.3, 0.4) is 0 Å². The first kappa shape index (κ1) is 9.98. The zero-order valence-electron chi connectivity index (χ0n) is 8.04. The summed E-state index contributed by atoms with van der Waals surface area (Å²) in [6.07, 6.45) is 1.73. The van der Waals surface area contributed by atoms with Crippen molar-refractivity contribution in [2.75, 3.05) is 5.73 Å². The van der Waals surface area contributed by atoms with Gasteiger partial charge in [0.2, 0.25) is 5.95 Å². The molecule has 0 spiro atoms. The second-order valence-electron chi connectivity index (χ2n) is 3.21. The lowest BCUT2D eigenvalue weighted by Crippen LogP contribution is -1.99. The van der Waals surface area contributed by atoms with E-state index in [1.54, 1.807) is 16.8 Å². The number of nitrogens with zero attached hydrogens (tertiary/aromatic N) is 2. The SMILES string of the molecule is Cc1cn(-c2ccc(Cl)c(F)c2)c(N)n1. The summed E-state index contributed by atoms with van der Waals surface area (Å²) in [5.74, 6) is -0.144. The van der Waals surface area contributed by atoms with Gasteiger partial charge in [0.1, 0.15) is 5.82 Å². The molecule has 0 amide bonds. The highest BCUT2D eigenvalue weighted by Gasteiger charge is 2.06. The second kappa shape index (κ2) is 3.55. The summed E-state index contributed by atoms with van der Waals surface area (Å²) < 4.78 is 14.8. The zero-order chi connectivity index (χ0) is 11.0. The van der Waals surface area contributed by atoms with Crippen molar-refractivity contribution in [3.05, 3.63) is 40.9 Å².